The number of hydrogen-bond acceptors (Lipinski definition) is 4. The summed E-state index contributed by atoms with van der Waals surface area (Å²) in [5.41, 5.74) is 1.55. The summed E-state index contributed by atoms with van der Waals surface area (Å²) >= 11 is 0. The molecule has 2 rings (SSSR count). The molecule has 6 nitrogen and oxygen atoms in total. The fourth-order valence-corrected chi connectivity index (χ4v) is 2.29. The number of pyridine rings is 1. The third kappa shape index (κ3) is 4.81. The van der Waals surface area contributed by atoms with Gasteiger partial charge in [0.15, 0.2) is 0 Å². The van der Waals surface area contributed by atoms with Crippen LogP contribution < -0.4 is 10.6 Å². The third-order valence-electron chi connectivity index (χ3n) is 3.60. The molecule has 0 aliphatic carbocycles. The molecule has 0 saturated heterocycles. The first-order valence-electron chi connectivity index (χ1n) is 7.80. The van der Waals surface area contributed by atoms with Crippen LogP contribution in [0.2, 0.25) is 0 Å². The molecule has 2 aromatic rings. The lowest BCUT2D eigenvalue weighted by molar-refractivity contribution is -0.130. The van der Waals surface area contributed by atoms with Gasteiger partial charge in [0.05, 0.1) is 5.56 Å². The van der Waals surface area contributed by atoms with E-state index >= 15 is 0 Å². The van der Waals surface area contributed by atoms with Crippen molar-refractivity contribution in [3.05, 3.63) is 59.8 Å². The Bertz CT molecular complexity index is 688. The van der Waals surface area contributed by atoms with Gasteiger partial charge in [-0.1, -0.05) is 30.3 Å². The average Bonchev–Trinajstić information content (AvgIpc) is 2.62. The first kappa shape index (κ1) is 17.5. The van der Waals surface area contributed by atoms with E-state index in [1.54, 1.807) is 37.3 Å². The van der Waals surface area contributed by atoms with Crippen molar-refractivity contribution >= 4 is 17.6 Å². The van der Waals surface area contributed by atoms with E-state index in [0.29, 0.717) is 30.9 Å². The normalized spacial score (nSPS) is 10.1. The minimum absolute atomic E-state index is 0.0313. The summed E-state index contributed by atoms with van der Waals surface area (Å²) < 4.78 is 0. The van der Waals surface area contributed by atoms with Crippen LogP contribution in [0.15, 0.2) is 48.7 Å². The van der Waals surface area contributed by atoms with Gasteiger partial charge in [0.25, 0.3) is 5.91 Å². The molecule has 24 heavy (non-hydrogen) atoms. The highest BCUT2D eigenvalue weighted by atomic mass is 16.2. The van der Waals surface area contributed by atoms with E-state index in [0.717, 1.165) is 5.56 Å². The topological polar surface area (TPSA) is 74.3 Å². The number of carbonyl (C=O) groups excluding carboxylic acids is 2. The van der Waals surface area contributed by atoms with Crippen molar-refractivity contribution in [3.8, 4) is 0 Å². The lowest BCUT2D eigenvalue weighted by Gasteiger charge is -2.17. The van der Waals surface area contributed by atoms with Crippen molar-refractivity contribution in [1.82, 2.24) is 15.2 Å². The van der Waals surface area contributed by atoms with Gasteiger partial charge < -0.3 is 15.5 Å². The molecule has 0 spiro atoms. The minimum Gasteiger partial charge on any atom is -0.369 e. The molecular weight excluding hydrogens is 304 g/mol. The lowest BCUT2D eigenvalue weighted by atomic mass is 10.2. The molecule has 2 amide bonds. The van der Waals surface area contributed by atoms with E-state index in [1.165, 1.54) is 0 Å². The monoisotopic (exact) mass is 326 g/mol. The van der Waals surface area contributed by atoms with E-state index in [-0.39, 0.29) is 11.8 Å². The van der Waals surface area contributed by atoms with E-state index in [4.69, 9.17) is 0 Å². The number of nitrogens with zero attached hydrogens (tertiary/aromatic N) is 2. The van der Waals surface area contributed by atoms with Gasteiger partial charge in [-0.05, 0) is 17.7 Å². The molecule has 1 aromatic carbocycles. The van der Waals surface area contributed by atoms with E-state index in [2.05, 4.69) is 15.6 Å². The Hall–Kier alpha value is -2.89. The van der Waals surface area contributed by atoms with Gasteiger partial charge in [0.2, 0.25) is 5.91 Å². The third-order valence-corrected chi connectivity index (χ3v) is 3.60. The van der Waals surface area contributed by atoms with Gasteiger partial charge in [-0.15, -0.1) is 0 Å². The lowest BCUT2D eigenvalue weighted by Crippen LogP contribution is -2.28. The van der Waals surface area contributed by atoms with Crippen LogP contribution in [0, 0.1) is 0 Å². The van der Waals surface area contributed by atoms with Crippen molar-refractivity contribution in [1.29, 1.82) is 0 Å². The van der Waals surface area contributed by atoms with Gasteiger partial charge >= 0.3 is 0 Å². The summed E-state index contributed by atoms with van der Waals surface area (Å²) in [6, 6.07) is 13.2. The molecule has 126 valence electrons. The maximum atomic E-state index is 12.2. The highest BCUT2D eigenvalue weighted by Crippen LogP contribution is 2.11. The van der Waals surface area contributed by atoms with Crippen LogP contribution in [0.3, 0.4) is 0 Å². The number of carbonyl (C=O) groups is 2. The smallest absolute Gasteiger partial charge is 0.254 e. The molecule has 0 atom stereocenters. The summed E-state index contributed by atoms with van der Waals surface area (Å²) in [5.74, 6) is 0.303. The zero-order chi connectivity index (χ0) is 17.4. The van der Waals surface area contributed by atoms with Gasteiger partial charge in [-0.25, -0.2) is 4.98 Å². The second-order valence-electron chi connectivity index (χ2n) is 5.39. The average molecular weight is 326 g/mol. The summed E-state index contributed by atoms with van der Waals surface area (Å²) in [4.78, 5) is 29.8. The van der Waals surface area contributed by atoms with Crippen LogP contribution in [0.1, 0.15) is 22.3 Å². The number of amides is 2. The molecule has 0 bridgehead atoms. The quantitative estimate of drug-likeness (QED) is 0.815. The second-order valence-corrected chi connectivity index (χ2v) is 5.39. The van der Waals surface area contributed by atoms with Crippen LogP contribution >= 0.6 is 0 Å². The van der Waals surface area contributed by atoms with Gasteiger partial charge in [0.1, 0.15) is 5.82 Å². The van der Waals surface area contributed by atoms with Crippen molar-refractivity contribution in [2.45, 2.75) is 13.0 Å². The fourth-order valence-electron chi connectivity index (χ4n) is 2.29. The Labute approximate surface area is 141 Å². The van der Waals surface area contributed by atoms with Crippen LogP contribution in [-0.2, 0) is 11.3 Å². The highest BCUT2D eigenvalue weighted by molar-refractivity contribution is 5.98. The Balaban J connectivity index is 1.85. The summed E-state index contributed by atoms with van der Waals surface area (Å²) in [7, 11) is 3.35. The molecule has 6 heteroatoms. The van der Waals surface area contributed by atoms with Crippen LogP contribution in [-0.4, -0.2) is 42.3 Å². The van der Waals surface area contributed by atoms with Crippen molar-refractivity contribution < 1.29 is 9.59 Å². The Morgan fingerprint density at radius 1 is 1.12 bits per heavy atom. The molecule has 0 saturated carbocycles. The molecule has 0 aliphatic heterocycles. The number of aromatic nitrogens is 1. The molecule has 0 radical (unpaired) electrons. The van der Waals surface area contributed by atoms with Crippen LogP contribution in [0.25, 0.3) is 0 Å². The molecule has 0 aliphatic rings. The Morgan fingerprint density at radius 3 is 2.58 bits per heavy atom. The van der Waals surface area contributed by atoms with E-state index < -0.39 is 0 Å². The zero-order valence-electron chi connectivity index (χ0n) is 14.0. The Morgan fingerprint density at radius 2 is 1.88 bits per heavy atom. The number of nitrogens with one attached hydrogen (secondary N) is 2. The summed E-state index contributed by atoms with van der Waals surface area (Å²) in [5, 5.41) is 5.63. The molecule has 1 heterocycles. The van der Waals surface area contributed by atoms with Crippen molar-refractivity contribution in [2.75, 3.05) is 26.0 Å². The number of rotatable bonds is 7. The Kier molecular flexibility index (Phi) is 6.31. The van der Waals surface area contributed by atoms with Crippen LogP contribution in [0.5, 0.6) is 0 Å². The minimum atomic E-state index is -0.210. The standard InChI is InChI=1S/C18H22N4O2/c1-19-18(24)15-9-6-11-20-17(15)21-12-10-16(23)22(2)13-14-7-4-3-5-8-14/h3-9,11H,10,12-13H2,1-2H3,(H,19,24)(H,20,21). The fraction of sp³-hybridized carbons (Fsp3) is 0.278. The number of benzene rings is 1. The summed E-state index contributed by atoms with van der Waals surface area (Å²) in [6.45, 7) is 0.992. The predicted molar refractivity (Wildman–Crippen MR) is 93.6 cm³/mol. The van der Waals surface area contributed by atoms with Gasteiger partial charge in [-0.3, -0.25) is 9.59 Å². The first-order valence-corrected chi connectivity index (χ1v) is 7.80. The summed E-state index contributed by atoms with van der Waals surface area (Å²) in [6.07, 6.45) is 1.94. The number of anilines is 1. The molecule has 0 unspecified atom stereocenters. The maximum Gasteiger partial charge on any atom is 0.254 e. The first-order chi connectivity index (χ1) is 11.6. The second kappa shape index (κ2) is 8.67. The molecule has 0 fully saturated rings. The number of hydrogen-bond donors (Lipinski definition) is 2. The molecule has 1 aromatic heterocycles. The largest absolute Gasteiger partial charge is 0.369 e. The van der Waals surface area contributed by atoms with Crippen molar-refractivity contribution in [2.24, 2.45) is 0 Å². The molecular formula is C18H22N4O2. The predicted octanol–water partition coefficient (Wildman–Crippen LogP) is 1.90. The molecule has 2 N–H and O–H groups in total. The SMILES string of the molecule is CNC(=O)c1cccnc1NCCC(=O)N(C)Cc1ccccc1. The van der Waals surface area contributed by atoms with Gasteiger partial charge in [-0.2, -0.15) is 0 Å². The van der Waals surface area contributed by atoms with E-state index in [1.807, 2.05) is 30.3 Å². The van der Waals surface area contributed by atoms with Crippen LogP contribution in [0.4, 0.5) is 5.82 Å². The maximum absolute atomic E-state index is 12.2. The van der Waals surface area contributed by atoms with E-state index in [9.17, 15) is 9.59 Å². The highest BCUT2D eigenvalue weighted by Gasteiger charge is 2.12. The van der Waals surface area contributed by atoms with Gasteiger partial charge in [0, 0.05) is 39.8 Å². The zero-order valence-corrected chi connectivity index (χ0v) is 14.0. The van der Waals surface area contributed by atoms with Crippen molar-refractivity contribution in [3.63, 3.8) is 0 Å².